The number of esters is 2. The number of amides is 7. The number of ether oxygens (including phenoxy) is 12. The maximum Gasteiger partial charge on any atom is 0.397 e. The van der Waals surface area contributed by atoms with Crippen LogP contribution in [0.4, 0.5) is 0 Å². The maximum absolute atomic E-state index is 14.9. The van der Waals surface area contributed by atoms with E-state index >= 15 is 0 Å². The van der Waals surface area contributed by atoms with Crippen LogP contribution in [-0.2, 0) is 100.0 Å². The van der Waals surface area contributed by atoms with Crippen molar-refractivity contribution >= 4 is 53.3 Å². The van der Waals surface area contributed by atoms with Gasteiger partial charge >= 0.3 is 17.8 Å². The van der Waals surface area contributed by atoms with Crippen LogP contribution in [0.2, 0.25) is 0 Å². The second-order valence-electron chi connectivity index (χ2n) is 32.9. The van der Waals surface area contributed by atoms with Crippen LogP contribution in [0, 0.1) is 28.6 Å². The van der Waals surface area contributed by atoms with Crippen molar-refractivity contribution < 1.29 is 161 Å². The predicted molar refractivity (Wildman–Crippen MR) is 404 cm³/mol. The summed E-state index contributed by atoms with van der Waals surface area (Å²) >= 11 is 0. The number of aliphatic hydroxyl groups is 12. The van der Waals surface area contributed by atoms with E-state index in [-0.39, 0.29) is 165 Å². The summed E-state index contributed by atoms with van der Waals surface area (Å²) in [5.74, 6) is -5.71. The lowest BCUT2D eigenvalue weighted by atomic mass is 9.49. The molecule has 40 heteroatoms. The lowest BCUT2D eigenvalue weighted by molar-refractivity contribution is -0.301. The van der Waals surface area contributed by atoms with Crippen molar-refractivity contribution in [3.63, 3.8) is 0 Å². The zero-order chi connectivity index (χ0) is 85.7. The van der Waals surface area contributed by atoms with E-state index in [0.29, 0.717) is 95.5 Å². The second-order valence-corrected chi connectivity index (χ2v) is 32.9. The number of carbonyl (C=O) groups is 9. The van der Waals surface area contributed by atoms with E-state index in [0.717, 1.165) is 5.57 Å². The Bertz CT molecular complexity index is 3270. The van der Waals surface area contributed by atoms with Gasteiger partial charge in [-0.15, -0.1) is 0 Å². The van der Waals surface area contributed by atoms with Crippen molar-refractivity contribution in [2.45, 2.75) is 277 Å². The van der Waals surface area contributed by atoms with E-state index in [2.05, 4.69) is 44.1 Å². The van der Waals surface area contributed by atoms with Gasteiger partial charge in [0.05, 0.1) is 78.1 Å². The van der Waals surface area contributed by atoms with E-state index in [1.807, 2.05) is 20.8 Å². The van der Waals surface area contributed by atoms with Crippen LogP contribution in [0.15, 0.2) is 11.1 Å². The molecule has 9 aliphatic rings. The quantitative estimate of drug-likeness (QED) is 0.00888. The summed E-state index contributed by atoms with van der Waals surface area (Å²) < 4.78 is 71.8. The third-order valence-corrected chi connectivity index (χ3v) is 24.7. The van der Waals surface area contributed by atoms with Crippen molar-refractivity contribution in [1.82, 2.24) is 37.2 Å². The van der Waals surface area contributed by atoms with Gasteiger partial charge in [-0.3, -0.25) is 33.6 Å². The molecule has 118 heavy (non-hydrogen) atoms. The number of nitrogens with one attached hydrogen (secondary N) is 7. The van der Waals surface area contributed by atoms with Gasteiger partial charge in [0.15, 0.2) is 18.3 Å². The fraction of sp³-hybridized carbons (Fsp3) is 0.859. The monoisotopic (exact) mass is 1690 g/mol. The SMILES string of the molecule is CC(C)[C@]12C[C@H]1[C@@H]1O[C@@]13[C@@]1(C)CCC4=C(COC4=O)C1CO[C@]3(C)[C@@H]2OC(=O)C(=O)NC(COCCC(=O)NCCCNC(=O)CCCCO[C@@H]1O[C@H](CO)[C@@H](O)[C@H](O)[C@H]1O)(COCCC(=O)NCCCNC(=O)CCCCO[C@@H]1O[C@H](CO)[C@@H](O)[C@H](O)[C@H]1O)OCCC(=O)NCCCNC(=O)CCCCC[C@@H]1O[C@H](CO)[C@@H](O)[C@H](O)[C@H]1O. The number of aliphatic hydroxyl groups excluding tert-OH is 12. The molecule has 0 aromatic carbocycles. The second kappa shape index (κ2) is 44.4. The highest BCUT2D eigenvalue weighted by molar-refractivity contribution is 6.32. The summed E-state index contributed by atoms with van der Waals surface area (Å²) in [6.45, 7) is 5.30. The maximum atomic E-state index is 14.9. The molecule has 0 bridgehead atoms. The Balaban J connectivity index is 0.796. The lowest BCUT2D eigenvalue weighted by Crippen LogP contribution is -2.73. The van der Waals surface area contributed by atoms with E-state index < -0.39 is 195 Å². The Morgan fingerprint density at radius 2 is 0.958 bits per heavy atom. The molecule has 672 valence electrons. The van der Waals surface area contributed by atoms with Crippen LogP contribution in [0.1, 0.15) is 156 Å². The molecule has 0 aromatic rings. The minimum absolute atomic E-state index is 0.0393. The number of unbranched alkanes of at least 4 members (excludes halogenated alkanes) is 4. The predicted octanol–water partition coefficient (Wildman–Crippen LogP) is -5.56. The molecule has 7 fully saturated rings. The van der Waals surface area contributed by atoms with Gasteiger partial charge in [-0.05, 0) is 101 Å². The van der Waals surface area contributed by atoms with Gasteiger partial charge in [-0.1, -0.05) is 33.6 Å². The number of epoxide rings is 1. The number of rotatable bonds is 50. The van der Waals surface area contributed by atoms with Gasteiger partial charge in [0.25, 0.3) is 0 Å². The van der Waals surface area contributed by atoms with Crippen LogP contribution in [0.5, 0.6) is 0 Å². The Kier molecular flexibility index (Phi) is 36.1. The highest BCUT2D eigenvalue weighted by Gasteiger charge is 2.93. The molecule has 0 aromatic heterocycles. The molecule has 1 unspecified atom stereocenters. The number of fused-ring (bicyclic) bond motifs is 4. The van der Waals surface area contributed by atoms with E-state index in [4.69, 9.17) is 56.8 Å². The normalized spacial score (nSPS) is 33.8. The molecule has 5 saturated heterocycles. The summed E-state index contributed by atoms with van der Waals surface area (Å²) in [7, 11) is 0. The Morgan fingerprint density at radius 1 is 0.517 bits per heavy atom. The minimum Gasteiger partial charge on any atom is -0.458 e. The Labute approximate surface area is 684 Å². The van der Waals surface area contributed by atoms with Crippen LogP contribution >= 0.6 is 0 Å². The summed E-state index contributed by atoms with van der Waals surface area (Å²) in [4.78, 5) is 121. The third kappa shape index (κ3) is 23.3. The fourth-order valence-corrected chi connectivity index (χ4v) is 17.8. The fourth-order valence-electron chi connectivity index (χ4n) is 17.8. The number of hydrogen-bond acceptors (Lipinski definition) is 33. The molecular formula is C78H127N7O33. The van der Waals surface area contributed by atoms with Gasteiger partial charge in [0, 0.05) is 107 Å². The molecule has 6 aliphatic heterocycles. The number of hydrogen-bond donors (Lipinski definition) is 19. The van der Waals surface area contributed by atoms with Gasteiger partial charge in [0.2, 0.25) is 35.4 Å². The molecule has 1 spiro atoms. The molecule has 7 amide bonds. The summed E-state index contributed by atoms with van der Waals surface area (Å²) in [5.41, 5.74) is -4.25. The molecule has 23 atom stereocenters. The largest absolute Gasteiger partial charge is 0.458 e. The first-order chi connectivity index (χ1) is 56.4. The third-order valence-electron chi connectivity index (χ3n) is 24.7. The molecule has 19 N–H and O–H groups in total. The van der Waals surface area contributed by atoms with Crippen molar-refractivity contribution in [3.8, 4) is 0 Å². The average Bonchev–Trinajstić information content (AvgIpc) is 1.44. The van der Waals surface area contributed by atoms with Crippen LogP contribution in [0.25, 0.3) is 0 Å². The standard InChI is InChI=1S/C78H127N7O33/c1-43(2)77-35-46(77)67-78(118-67)74(3)23-19-44-45(39-111-69(44)105)47(74)40-113-75(78,4)73(77)117-70(106)68(104)85-76(112-34-22-57(94)84-29-14-24-79-52(89)16-7-5-6-15-48-58(95)62(99)59(96)49(36-86)114-48,41-107-32-20-55(92)82-27-12-25-80-53(90)17-8-10-30-109-71-65(102)63(100)60(97)50(37-87)115-71)42-108-33-21-56(93)83-28-13-26-81-54(91)18-9-11-31-110-72-66(103)64(101)61(98)51(38-88)116-72/h43,46-51,58-67,71-73,86-88,95-103H,5-42H2,1-4H3,(H,79,89)(H,80,90)(H,81,91)(H,82,92)(H,83,93)(H,84,94)(H,85,104)/t46-,47?,48-,49+,50+,51+,58-,59+,60+,61+,62+,63-,64-,65+,66+,67-,71+,72+,73-,74-,75+,77+,78+/m0/s1. The minimum atomic E-state index is -2.16. The molecule has 0 radical (unpaired) electrons. The van der Waals surface area contributed by atoms with Crippen molar-refractivity contribution in [3.05, 3.63) is 11.1 Å². The van der Waals surface area contributed by atoms with Crippen LogP contribution in [0.3, 0.4) is 0 Å². The summed E-state index contributed by atoms with van der Waals surface area (Å²) in [6.07, 6.45) is -16.1. The van der Waals surface area contributed by atoms with E-state index in [1.54, 1.807) is 0 Å². The number of cyclic esters (lactones) is 1. The molecule has 2 saturated carbocycles. The zero-order valence-electron chi connectivity index (χ0n) is 67.9. The van der Waals surface area contributed by atoms with E-state index in [1.165, 1.54) is 0 Å². The van der Waals surface area contributed by atoms with Gasteiger partial charge in [0.1, 0.15) is 97.2 Å². The summed E-state index contributed by atoms with van der Waals surface area (Å²) in [5, 5.41) is 139. The molecule has 9 rings (SSSR count). The smallest absolute Gasteiger partial charge is 0.397 e. The number of carbonyl (C=O) groups excluding carboxylic acids is 9. The van der Waals surface area contributed by atoms with E-state index in [9.17, 15) is 104 Å². The Hall–Kier alpha value is -5.91. The van der Waals surface area contributed by atoms with Crippen LogP contribution < -0.4 is 37.2 Å². The zero-order valence-corrected chi connectivity index (χ0v) is 67.9. The van der Waals surface area contributed by atoms with Gasteiger partial charge in [-0.25, -0.2) is 9.59 Å². The van der Waals surface area contributed by atoms with Gasteiger partial charge in [-0.2, -0.15) is 0 Å². The highest BCUT2D eigenvalue weighted by Crippen LogP contribution is 2.82. The topological polar surface area (TPSA) is 595 Å². The van der Waals surface area contributed by atoms with Crippen LogP contribution in [-0.4, -0.2) is 354 Å². The Morgan fingerprint density at radius 3 is 1.43 bits per heavy atom. The lowest BCUT2D eigenvalue weighted by Gasteiger charge is -2.60. The van der Waals surface area contributed by atoms with Crippen molar-refractivity contribution in [2.75, 3.05) is 119 Å². The molecular weight excluding hydrogens is 1560 g/mol. The van der Waals surface area contributed by atoms with Crippen molar-refractivity contribution in [1.29, 1.82) is 0 Å². The van der Waals surface area contributed by atoms with Crippen molar-refractivity contribution in [2.24, 2.45) is 28.6 Å². The first-order valence-corrected chi connectivity index (χ1v) is 41.7. The molecule has 6 heterocycles. The average molecular weight is 1690 g/mol. The molecule has 3 aliphatic carbocycles. The first kappa shape index (κ1) is 95.9. The highest BCUT2D eigenvalue weighted by atomic mass is 16.7. The summed E-state index contributed by atoms with van der Waals surface area (Å²) in [6, 6.07) is 0. The van der Waals surface area contributed by atoms with Gasteiger partial charge < -0.3 is 155 Å². The first-order valence-electron chi connectivity index (χ1n) is 41.7. The molecule has 40 nitrogen and oxygen atoms in total.